The molecule has 0 nitrogen and oxygen atoms in total. The summed E-state index contributed by atoms with van der Waals surface area (Å²) in [7, 11) is 0. The van der Waals surface area contributed by atoms with Gasteiger partial charge in [-0.05, 0) is 61.3 Å². The maximum absolute atomic E-state index is 2.40. The third-order valence-electron chi connectivity index (χ3n) is 3.53. The van der Waals surface area contributed by atoms with Gasteiger partial charge in [-0.3, -0.25) is 0 Å². The van der Waals surface area contributed by atoms with Gasteiger partial charge >= 0.3 is 21.7 Å². The molecule has 0 N–H and O–H groups in total. The molecule has 1 aromatic rings. The van der Waals surface area contributed by atoms with Crippen LogP contribution in [0.5, 0.6) is 0 Å². The summed E-state index contributed by atoms with van der Waals surface area (Å²) in [6.07, 6.45) is 8.96. The van der Waals surface area contributed by atoms with Crippen LogP contribution < -0.4 is 0 Å². The van der Waals surface area contributed by atoms with E-state index in [0.717, 1.165) is 0 Å². The van der Waals surface area contributed by atoms with Crippen LogP contribution in [0.15, 0.2) is 17.7 Å². The smallest absolute Gasteiger partial charge is 0.358 e. The maximum Gasteiger partial charge on any atom is 2.00 e. The second-order valence-corrected chi connectivity index (χ2v) is 4.65. The minimum absolute atomic E-state index is 0. The molecule has 0 unspecified atom stereocenters. The first-order chi connectivity index (χ1) is 6.84. The standard InChI is InChI=1S/C14H16.2CH3.Ti/c1-10-8-12-7-6-11-4-2-3-5-13(11)14(12)9-10;;;/h6-7,9H,2-5,8H2,1H3;2*1H3;/q;2*-1;+2. The molecule has 1 aromatic carbocycles. The molecule has 0 fully saturated rings. The van der Waals surface area contributed by atoms with E-state index in [1.807, 2.05) is 0 Å². The molecule has 90 valence electrons. The average molecular weight is 262 g/mol. The van der Waals surface area contributed by atoms with Gasteiger partial charge in [0, 0.05) is 0 Å². The van der Waals surface area contributed by atoms with Gasteiger partial charge in [0.25, 0.3) is 0 Å². The maximum atomic E-state index is 2.40. The molecule has 0 spiro atoms. The zero-order chi connectivity index (χ0) is 9.54. The molecule has 0 radical (unpaired) electrons. The van der Waals surface area contributed by atoms with Crippen molar-refractivity contribution in [1.82, 2.24) is 0 Å². The number of rotatable bonds is 0. The van der Waals surface area contributed by atoms with Crippen LogP contribution in [0, 0.1) is 14.9 Å². The predicted molar refractivity (Wildman–Crippen MR) is 73.3 cm³/mol. The van der Waals surface area contributed by atoms with E-state index in [0.29, 0.717) is 0 Å². The summed E-state index contributed by atoms with van der Waals surface area (Å²) < 4.78 is 0. The Bertz CT molecular complexity index is 416. The molecule has 1 heteroatoms. The Kier molecular flexibility index (Phi) is 6.44. The molecule has 2 aliphatic rings. The van der Waals surface area contributed by atoms with Gasteiger partial charge in [0.2, 0.25) is 0 Å². The van der Waals surface area contributed by atoms with E-state index in [-0.39, 0.29) is 36.6 Å². The van der Waals surface area contributed by atoms with Crippen molar-refractivity contribution in [3.63, 3.8) is 0 Å². The Morgan fingerprint density at radius 3 is 2.35 bits per heavy atom. The summed E-state index contributed by atoms with van der Waals surface area (Å²) >= 11 is 0. The molecule has 0 aromatic heterocycles. The van der Waals surface area contributed by atoms with Crippen LogP contribution in [-0.4, -0.2) is 0 Å². The van der Waals surface area contributed by atoms with Crippen LogP contribution in [0.4, 0.5) is 0 Å². The second kappa shape index (κ2) is 6.56. The number of hydrogen-bond acceptors (Lipinski definition) is 0. The van der Waals surface area contributed by atoms with Crippen molar-refractivity contribution in [2.45, 2.75) is 39.0 Å². The first-order valence-corrected chi connectivity index (χ1v) is 5.65. The minimum Gasteiger partial charge on any atom is -0.358 e. The van der Waals surface area contributed by atoms with Gasteiger partial charge in [0.1, 0.15) is 0 Å². The minimum atomic E-state index is 0. The fourth-order valence-electron chi connectivity index (χ4n) is 2.84. The van der Waals surface area contributed by atoms with Crippen molar-refractivity contribution in [2.75, 3.05) is 0 Å². The van der Waals surface area contributed by atoms with Gasteiger partial charge in [-0.25, -0.2) is 0 Å². The van der Waals surface area contributed by atoms with Crippen LogP contribution in [0.25, 0.3) is 6.08 Å². The molecule has 0 bridgehead atoms. The summed E-state index contributed by atoms with van der Waals surface area (Å²) in [6.45, 7) is 2.25. The van der Waals surface area contributed by atoms with Crippen molar-refractivity contribution < 1.29 is 21.7 Å². The second-order valence-electron chi connectivity index (χ2n) is 4.65. The third kappa shape index (κ3) is 2.92. The van der Waals surface area contributed by atoms with Crippen molar-refractivity contribution in [1.29, 1.82) is 0 Å². The van der Waals surface area contributed by atoms with Gasteiger partial charge in [-0.2, -0.15) is 0 Å². The molecule has 0 saturated carbocycles. The number of benzene rings is 1. The van der Waals surface area contributed by atoms with Gasteiger partial charge in [0.15, 0.2) is 0 Å². The summed E-state index contributed by atoms with van der Waals surface area (Å²) in [5.41, 5.74) is 7.92. The predicted octanol–water partition coefficient (Wildman–Crippen LogP) is 4.42. The molecule has 2 aliphatic carbocycles. The van der Waals surface area contributed by atoms with E-state index >= 15 is 0 Å². The zero-order valence-corrected chi connectivity index (χ0v) is 12.8. The van der Waals surface area contributed by atoms with E-state index in [1.165, 1.54) is 37.7 Å². The van der Waals surface area contributed by atoms with Crippen molar-refractivity contribution in [2.24, 2.45) is 0 Å². The number of hydrogen-bond donors (Lipinski definition) is 0. The van der Waals surface area contributed by atoms with Crippen LogP contribution in [-0.2, 0) is 41.0 Å². The summed E-state index contributed by atoms with van der Waals surface area (Å²) in [4.78, 5) is 0. The SMILES string of the molecule is CC1=Cc2c(ccc3c2CCCC3)C1.[CH3-].[CH3-].[Ti+2]. The van der Waals surface area contributed by atoms with Crippen molar-refractivity contribution >= 4 is 6.08 Å². The number of fused-ring (bicyclic) bond motifs is 3. The largest absolute Gasteiger partial charge is 2.00 e. The Balaban J connectivity index is 0.000000853. The van der Waals surface area contributed by atoms with Gasteiger partial charge < -0.3 is 14.9 Å². The van der Waals surface area contributed by atoms with Crippen LogP contribution >= 0.6 is 0 Å². The van der Waals surface area contributed by atoms with Crippen molar-refractivity contribution in [3.8, 4) is 0 Å². The molecule has 0 amide bonds. The van der Waals surface area contributed by atoms with Gasteiger partial charge in [-0.15, -0.1) is 0 Å². The Labute approximate surface area is 121 Å². The van der Waals surface area contributed by atoms with E-state index in [1.54, 1.807) is 22.3 Å². The first kappa shape index (κ1) is 16.7. The molecular formula is C16H22Ti. The van der Waals surface area contributed by atoms with Crippen LogP contribution in [0.2, 0.25) is 0 Å². The summed E-state index contributed by atoms with van der Waals surface area (Å²) in [5, 5.41) is 0. The summed E-state index contributed by atoms with van der Waals surface area (Å²) in [6, 6.07) is 4.70. The van der Waals surface area contributed by atoms with Gasteiger partial charge in [-0.1, -0.05) is 23.8 Å². The zero-order valence-electron chi connectivity index (χ0n) is 11.3. The molecule has 0 heterocycles. The van der Waals surface area contributed by atoms with Crippen molar-refractivity contribution in [3.05, 3.63) is 54.8 Å². The Morgan fingerprint density at radius 2 is 1.59 bits per heavy atom. The van der Waals surface area contributed by atoms with E-state index in [2.05, 4.69) is 25.1 Å². The average Bonchev–Trinajstić information content (AvgIpc) is 2.59. The molecule has 0 saturated heterocycles. The third-order valence-corrected chi connectivity index (χ3v) is 3.53. The Hall–Kier alpha value is -0.326. The molecule has 0 atom stereocenters. The van der Waals surface area contributed by atoms with E-state index in [9.17, 15) is 0 Å². The fraction of sp³-hybridized carbons (Fsp3) is 0.375. The molecular weight excluding hydrogens is 240 g/mol. The number of allylic oxidation sites excluding steroid dienone is 1. The number of aryl methyl sites for hydroxylation is 1. The van der Waals surface area contributed by atoms with E-state index < -0.39 is 0 Å². The van der Waals surface area contributed by atoms with E-state index in [4.69, 9.17) is 0 Å². The quantitative estimate of drug-likeness (QED) is 0.479. The fourth-order valence-corrected chi connectivity index (χ4v) is 2.84. The van der Waals surface area contributed by atoms with Gasteiger partial charge in [0.05, 0.1) is 0 Å². The Morgan fingerprint density at radius 1 is 0.941 bits per heavy atom. The molecule has 0 aliphatic heterocycles. The van der Waals surface area contributed by atoms with Crippen LogP contribution in [0.3, 0.4) is 0 Å². The topological polar surface area (TPSA) is 0 Å². The molecule has 3 rings (SSSR count). The monoisotopic (exact) mass is 262 g/mol. The molecule has 17 heavy (non-hydrogen) atoms. The first-order valence-electron chi connectivity index (χ1n) is 5.65. The van der Waals surface area contributed by atoms with Crippen LogP contribution in [0.1, 0.15) is 42.0 Å². The summed E-state index contributed by atoms with van der Waals surface area (Å²) in [5.74, 6) is 0. The normalized spacial score (nSPS) is 15.5.